The Morgan fingerprint density at radius 2 is 1.82 bits per heavy atom. The summed E-state index contributed by atoms with van der Waals surface area (Å²) in [7, 11) is 0. The molecule has 0 saturated carbocycles. The van der Waals surface area contributed by atoms with E-state index >= 15 is 0 Å². The number of H-pyrrole nitrogens is 2. The molecule has 4 rings (SSSR count). The molecule has 6 nitrogen and oxygen atoms in total. The topological polar surface area (TPSA) is 90.1 Å². The van der Waals surface area contributed by atoms with Gasteiger partial charge in [0.15, 0.2) is 0 Å². The normalized spacial score (nSPS) is 17.1. The summed E-state index contributed by atoms with van der Waals surface area (Å²) in [5.74, 6) is -0.474. The van der Waals surface area contributed by atoms with E-state index in [2.05, 4.69) is 20.3 Å². The SMILES string of the molecule is O=C1Nc2ccccc2C1C=Nc1ccc2[nH]c(=O)[nH]c2c1. The van der Waals surface area contributed by atoms with Gasteiger partial charge in [0, 0.05) is 11.9 Å². The molecule has 3 aromatic rings. The molecule has 2 aromatic carbocycles. The van der Waals surface area contributed by atoms with Gasteiger partial charge in [-0.1, -0.05) is 18.2 Å². The first-order chi connectivity index (χ1) is 10.7. The third kappa shape index (κ3) is 2.01. The van der Waals surface area contributed by atoms with E-state index < -0.39 is 5.92 Å². The largest absolute Gasteiger partial charge is 0.325 e. The van der Waals surface area contributed by atoms with Gasteiger partial charge in [0.25, 0.3) is 0 Å². The number of anilines is 1. The van der Waals surface area contributed by atoms with Crippen LogP contribution in [0.1, 0.15) is 11.5 Å². The van der Waals surface area contributed by atoms with Gasteiger partial charge in [-0.15, -0.1) is 0 Å². The second-order valence-corrected chi connectivity index (χ2v) is 5.14. The second kappa shape index (κ2) is 4.70. The van der Waals surface area contributed by atoms with Gasteiger partial charge >= 0.3 is 5.69 Å². The van der Waals surface area contributed by atoms with Crippen LogP contribution in [0, 0.1) is 0 Å². The number of amides is 1. The number of carbonyl (C=O) groups excluding carboxylic acids is 1. The molecule has 108 valence electrons. The number of para-hydroxylation sites is 1. The lowest BCUT2D eigenvalue weighted by molar-refractivity contribution is -0.115. The molecule has 22 heavy (non-hydrogen) atoms. The van der Waals surface area contributed by atoms with Crippen molar-refractivity contribution >= 4 is 34.5 Å². The molecule has 0 radical (unpaired) electrons. The van der Waals surface area contributed by atoms with Gasteiger partial charge in [0.2, 0.25) is 5.91 Å². The van der Waals surface area contributed by atoms with E-state index in [9.17, 15) is 9.59 Å². The van der Waals surface area contributed by atoms with E-state index in [0.29, 0.717) is 11.2 Å². The highest BCUT2D eigenvalue weighted by Crippen LogP contribution is 2.31. The maximum absolute atomic E-state index is 12.0. The van der Waals surface area contributed by atoms with Gasteiger partial charge in [0.1, 0.15) is 5.92 Å². The summed E-state index contributed by atoms with van der Waals surface area (Å²) in [4.78, 5) is 33.0. The first kappa shape index (κ1) is 12.6. The zero-order chi connectivity index (χ0) is 15.1. The molecule has 6 heteroatoms. The van der Waals surface area contributed by atoms with Gasteiger partial charge in [-0.25, -0.2) is 4.79 Å². The summed E-state index contributed by atoms with van der Waals surface area (Å²) in [5.41, 5.74) is 3.60. The molecule has 0 bridgehead atoms. The summed E-state index contributed by atoms with van der Waals surface area (Å²) in [6.45, 7) is 0. The van der Waals surface area contributed by atoms with Crippen molar-refractivity contribution in [2.45, 2.75) is 5.92 Å². The van der Waals surface area contributed by atoms with Crippen molar-refractivity contribution in [3.63, 3.8) is 0 Å². The first-order valence-electron chi connectivity index (χ1n) is 6.87. The fraction of sp³-hybridized carbons (Fsp3) is 0.0625. The third-order valence-electron chi connectivity index (χ3n) is 3.71. The van der Waals surface area contributed by atoms with E-state index in [1.54, 1.807) is 24.4 Å². The highest BCUT2D eigenvalue weighted by molar-refractivity contribution is 6.12. The summed E-state index contributed by atoms with van der Waals surface area (Å²) in [6, 6.07) is 12.9. The van der Waals surface area contributed by atoms with Gasteiger partial charge < -0.3 is 15.3 Å². The van der Waals surface area contributed by atoms with Crippen LogP contribution in [0.25, 0.3) is 11.0 Å². The monoisotopic (exact) mass is 292 g/mol. The maximum Gasteiger partial charge on any atom is 0.323 e. The van der Waals surface area contributed by atoms with Crippen molar-refractivity contribution in [1.29, 1.82) is 0 Å². The van der Waals surface area contributed by atoms with Gasteiger partial charge in [-0.3, -0.25) is 9.79 Å². The standard InChI is InChI=1S/C16H12N4O2/c21-15-11(10-3-1-2-4-12(10)18-15)8-17-9-5-6-13-14(7-9)20-16(22)19-13/h1-8,11H,(H,18,21)(H2,19,20,22). The van der Waals surface area contributed by atoms with Crippen molar-refractivity contribution in [1.82, 2.24) is 9.97 Å². The molecule has 1 atom stereocenters. The molecule has 0 spiro atoms. The predicted molar refractivity (Wildman–Crippen MR) is 84.9 cm³/mol. The lowest BCUT2D eigenvalue weighted by atomic mass is 10.0. The minimum atomic E-state index is -0.392. The summed E-state index contributed by atoms with van der Waals surface area (Å²) in [5, 5.41) is 2.83. The highest BCUT2D eigenvalue weighted by Gasteiger charge is 2.28. The van der Waals surface area contributed by atoms with Gasteiger partial charge in [0.05, 0.1) is 16.7 Å². The Labute approximate surface area is 124 Å². The van der Waals surface area contributed by atoms with E-state index in [0.717, 1.165) is 16.8 Å². The molecular formula is C16H12N4O2. The first-order valence-corrected chi connectivity index (χ1v) is 6.87. The molecule has 3 N–H and O–H groups in total. The predicted octanol–water partition coefficient (Wildman–Crippen LogP) is 2.29. The Morgan fingerprint density at radius 3 is 2.73 bits per heavy atom. The third-order valence-corrected chi connectivity index (χ3v) is 3.71. The number of aromatic nitrogens is 2. The lowest BCUT2D eigenvalue weighted by Gasteiger charge is -2.01. The number of fused-ring (bicyclic) bond motifs is 2. The Bertz CT molecular complexity index is 967. The van der Waals surface area contributed by atoms with E-state index in [1.165, 1.54) is 0 Å². The van der Waals surface area contributed by atoms with E-state index in [1.807, 2.05) is 24.3 Å². The number of imidazole rings is 1. The Morgan fingerprint density at radius 1 is 1.00 bits per heavy atom. The average molecular weight is 292 g/mol. The zero-order valence-electron chi connectivity index (χ0n) is 11.5. The summed E-state index contributed by atoms with van der Waals surface area (Å²) >= 11 is 0. The molecular weight excluding hydrogens is 280 g/mol. The number of nitrogens with zero attached hydrogens (tertiary/aromatic N) is 1. The molecule has 1 aliphatic rings. The molecule has 0 saturated heterocycles. The molecule has 0 aliphatic carbocycles. The lowest BCUT2D eigenvalue weighted by Crippen LogP contribution is -2.12. The number of benzene rings is 2. The van der Waals surface area contributed by atoms with Crippen molar-refractivity contribution in [3.8, 4) is 0 Å². The molecule has 1 unspecified atom stereocenters. The van der Waals surface area contributed by atoms with Crippen molar-refractivity contribution in [2.75, 3.05) is 5.32 Å². The fourth-order valence-corrected chi connectivity index (χ4v) is 2.64. The van der Waals surface area contributed by atoms with Crippen LogP contribution < -0.4 is 11.0 Å². The van der Waals surface area contributed by atoms with E-state index in [4.69, 9.17) is 0 Å². The van der Waals surface area contributed by atoms with Crippen molar-refractivity contribution in [3.05, 3.63) is 58.5 Å². The number of hydrogen-bond donors (Lipinski definition) is 3. The Balaban J connectivity index is 1.68. The van der Waals surface area contributed by atoms with Crippen molar-refractivity contribution in [2.24, 2.45) is 4.99 Å². The van der Waals surface area contributed by atoms with Crippen LogP contribution in [0.4, 0.5) is 11.4 Å². The van der Waals surface area contributed by atoms with Gasteiger partial charge in [-0.05, 0) is 29.8 Å². The smallest absolute Gasteiger partial charge is 0.323 e. The van der Waals surface area contributed by atoms with Crippen molar-refractivity contribution < 1.29 is 4.79 Å². The number of carbonyl (C=O) groups is 1. The second-order valence-electron chi connectivity index (χ2n) is 5.14. The zero-order valence-corrected chi connectivity index (χ0v) is 11.5. The number of nitrogens with one attached hydrogen (secondary N) is 3. The van der Waals surface area contributed by atoms with E-state index in [-0.39, 0.29) is 11.6 Å². The molecule has 1 aromatic heterocycles. The van der Waals surface area contributed by atoms with Crippen LogP contribution in [0.3, 0.4) is 0 Å². The number of rotatable bonds is 2. The molecule has 1 amide bonds. The Hall–Kier alpha value is -3.15. The van der Waals surface area contributed by atoms with Gasteiger partial charge in [-0.2, -0.15) is 0 Å². The molecule has 0 fully saturated rings. The number of hydrogen-bond acceptors (Lipinski definition) is 3. The van der Waals surface area contributed by atoms with Crippen LogP contribution in [0.5, 0.6) is 0 Å². The van der Waals surface area contributed by atoms with Crippen LogP contribution in [-0.4, -0.2) is 22.1 Å². The van der Waals surface area contributed by atoms with Crippen LogP contribution >= 0.6 is 0 Å². The minimum Gasteiger partial charge on any atom is -0.325 e. The fourth-order valence-electron chi connectivity index (χ4n) is 2.64. The quantitative estimate of drug-likeness (QED) is 0.632. The molecule has 2 heterocycles. The summed E-state index contributed by atoms with van der Waals surface area (Å²) in [6.07, 6.45) is 1.63. The van der Waals surface area contributed by atoms with Crippen LogP contribution in [0.15, 0.2) is 52.3 Å². The highest BCUT2D eigenvalue weighted by atomic mass is 16.2. The maximum atomic E-state index is 12.0. The number of aliphatic imine (C=N–C) groups is 1. The number of aromatic amines is 2. The van der Waals surface area contributed by atoms with Crippen LogP contribution in [-0.2, 0) is 4.79 Å². The van der Waals surface area contributed by atoms with Crippen LogP contribution in [0.2, 0.25) is 0 Å². The average Bonchev–Trinajstić information content (AvgIpc) is 3.03. The minimum absolute atomic E-state index is 0.0823. The molecule has 1 aliphatic heterocycles. The Kier molecular flexibility index (Phi) is 2.69. The summed E-state index contributed by atoms with van der Waals surface area (Å²) < 4.78 is 0.